The quantitative estimate of drug-likeness (QED) is 0.218. The number of anilines is 1. The number of aryl methyl sites for hydroxylation is 1. The summed E-state index contributed by atoms with van der Waals surface area (Å²) in [7, 11) is 0. The Labute approximate surface area is 198 Å². The minimum absolute atomic E-state index is 0.208. The normalized spacial score (nSPS) is 10.9. The molecule has 0 saturated heterocycles. The molecule has 2 aromatic carbocycles. The second-order valence-corrected chi connectivity index (χ2v) is 7.65. The van der Waals surface area contributed by atoms with Gasteiger partial charge in [0.15, 0.2) is 6.61 Å². The summed E-state index contributed by atoms with van der Waals surface area (Å²) in [5, 5.41) is 18.3. The number of aromatic nitrogens is 2. The maximum absolute atomic E-state index is 13.2. The van der Waals surface area contributed by atoms with Gasteiger partial charge in [-0.25, -0.2) is 9.18 Å². The Balaban J connectivity index is 1.60. The topological polar surface area (TPSA) is 116 Å². The van der Waals surface area contributed by atoms with Crippen molar-refractivity contribution in [2.24, 2.45) is 0 Å². The van der Waals surface area contributed by atoms with Gasteiger partial charge in [-0.15, -0.1) is 0 Å². The number of nitrogens with one attached hydrogen (secondary N) is 1. The number of carbonyl (C=O) groups is 2. The lowest BCUT2D eigenvalue weighted by Crippen LogP contribution is -2.20. The van der Waals surface area contributed by atoms with Crippen molar-refractivity contribution in [3.63, 3.8) is 0 Å². The average molecular weight is 487 g/mol. The van der Waals surface area contributed by atoms with Crippen LogP contribution in [0.3, 0.4) is 0 Å². The van der Waals surface area contributed by atoms with Gasteiger partial charge in [0.2, 0.25) is 0 Å². The summed E-state index contributed by atoms with van der Waals surface area (Å²) >= 11 is 6.22. The van der Waals surface area contributed by atoms with Crippen molar-refractivity contribution in [2.45, 2.75) is 20.4 Å². The number of benzene rings is 2. The standard InChI is InChI=1S/C23H20ClFN4O5/c1-14-18(15(2)28(27-14)12-16-5-3-4-6-19(16)24)8-10-23(31)34-13-22(30)26-20-9-7-17(25)11-21(20)29(32)33/h3-11H,12-13H2,1-2H3,(H,26,30)/b10-8+. The van der Waals surface area contributed by atoms with E-state index >= 15 is 0 Å². The number of carbonyl (C=O) groups excluding carboxylic acids is 2. The third kappa shape index (κ3) is 6.04. The van der Waals surface area contributed by atoms with Crippen LogP contribution in [0.4, 0.5) is 15.8 Å². The van der Waals surface area contributed by atoms with Gasteiger partial charge in [0.05, 0.1) is 23.2 Å². The second kappa shape index (κ2) is 10.7. The highest BCUT2D eigenvalue weighted by molar-refractivity contribution is 6.31. The number of hydrogen-bond acceptors (Lipinski definition) is 6. The highest BCUT2D eigenvalue weighted by atomic mass is 35.5. The first-order valence-corrected chi connectivity index (χ1v) is 10.4. The molecular weight excluding hydrogens is 467 g/mol. The lowest BCUT2D eigenvalue weighted by atomic mass is 10.1. The smallest absolute Gasteiger partial charge is 0.331 e. The molecule has 3 rings (SSSR count). The number of amides is 1. The Kier molecular flexibility index (Phi) is 7.75. The first-order valence-electron chi connectivity index (χ1n) is 10.0. The molecule has 3 aromatic rings. The zero-order valence-corrected chi connectivity index (χ0v) is 19.0. The van der Waals surface area contributed by atoms with Crippen LogP contribution in [-0.4, -0.2) is 33.2 Å². The van der Waals surface area contributed by atoms with Gasteiger partial charge in [0.25, 0.3) is 11.6 Å². The number of esters is 1. The molecule has 1 aromatic heterocycles. The van der Waals surface area contributed by atoms with E-state index in [-0.39, 0.29) is 5.69 Å². The molecule has 0 atom stereocenters. The molecule has 34 heavy (non-hydrogen) atoms. The van der Waals surface area contributed by atoms with Gasteiger partial charge in [-0.3, -0.25) is 19.6 Å². The van der Waals surface area contributed by atoms with E-state index in [1.54, 1.807) is 17.7 Å². The van der Waals surface area contributed by atoms with Crippen LogP contribution in [0.1, 0.15) is 22.5 Å². The first kappa shape index (κ1) is 24.6. The predicted octanol–water partition coefficient (Wildman–Crippen LogP) is 4.44. The molecule has 0 aliphatic carbocycles. The van der Waals surface area contributed by atoms with Crippen LogP contribution in [0.15, 0.2) is 48.5 Å². The SMILES string of the molecule is Cc1nn(Cc2ccccc2Cl)c(C)c1/C=C/C(=O)OCC(=O)Nc1ccc(F)cc1[N+](=O)[O-]. The van der Waals surface area contributed by atoms with Gasteiger partial charge >= 0.3 is 5.97 Å². The maximum atomic E-state index is 13.2. The minimum Gasteiger partial charge on any atom is -0.452 e. The molecular formula is C23H20ClFN4O5. The van der Waals surface area contributed by atoms with Gasteiger partial charge < -0.3 is 10.1 Å². The van der Waals surface area contributed by atoms with Crippen LogP contribution in [0, 0.1) is 29.8 Å². The van der Waals surface area contributed by atoms with Crippen LogP contribution >= 0.6 is 11.6 Å². The fourth-order valence-electron chi connectivity index (χ4n) is 3.18. The fraction of sp³-hybridized carbons (Fsp3) is 0.174. The lowest BCUT2D eigenvalue weighted by molar-refractivity contribution is -0.384. The van der Waals surface area contributed by atoms with E-state index in [2.05, 4.69) is 10.4 Å². The maximum Gasteiger partial charge on any atom is 0.331 e. The van der Waals surface area contributed by atoms with Crippen molar-refractivity contribution < 1.29 is 23.6 Å². The molecule has 11 heteroatoms. The molecule has 1 N–H and O–H groups in total. The Morgan fingerprint density at radius 2 is 2.00 bits per heavy atom. The highest BCUT2D eigenvalue weighted by Gasteiger charge is 2.18. The molecule has 1 heterocycles. The number of nitro benzene ring substituents is 1. The molecule has 0 aliphatic heterocycles. The third-order valence-corrected chi connectivity index (χ3v) is 5.25. The van der Waals surface area contributed by atoms with Gasteiger partial charge in [-0.05, 0) is 43.7 Å². The van der Waals surface area contributed by atoms with E-state index in [0.29, 0.717) is 23.3 Å². The number of hydrogen-bond donors (Lipinski definition) is 1. The van der Waals surface area contributed by atoms with E-state index in [4.69, 9.17) is 16.3 Å². The van der Waals surface area contributed by atoms with Crippen LogP contribution in [0.5, 0.6) is 0 Å². The molecule has 0 aliphatic rings. The Bertz CT molecular complexity index is 1290. The first-order chi connectivity index (χ1) is 16.2. The van der Waals surface area contributed by atoms with Crippen molar-refractivity contribution in [1.29, 1.82) is 0 Å². The fourth-order valence-corrected chi connectivity index (χ4v) is 3.37. The van der Waals surface area contributed by atoms with Crippen molar-refractivity contribution in [2.75, 3.05) is 11.9 Å². The summed E-state index contributed by atoms with van der Waals surface area (Å²) in [6.07, 6.45) is 2.69. The summed E-state index contributed by atoms with van der Waals surface area (Å²) in [6.45, 7) is 3.43. The lowest BCUT2D eigenvalue weighted by Gasteiger charge is -2.07. The minimum atomic E-state index is -0.829. The molecule has 0 radical (unpaired) electrons. The van der Waals surface area contributed by atoms with Crippen LogP contribution < -0.4 is 5.32 Å². The summed E-state index contributed by atoms with van der Waals surface area (Å²) in [5.74, 6) is -2.42. The van der Waals surface area contributed by atoms with E-state index in [9.17, 15) is 24.1 Å². The van der Waals surface area contributed by atoms with E-state index in [0.717, 1.165) is 35.0 Å². The van der Waals surface area contributed by atoms with Crippen molar-refractivity contribution in [3.8, 4) is 0 Å². The van der Waals surface area contributed by atoms with Gasteiger partial charge in [-0.2, -0.15) is 5.10 Å². The molecule has 0 fully saturated rings. The number of ether oxygens (including phenoxy) is 1. The van der Waals surface area contributed by atoms with Crippen LogP contribution in [0.25, 0.3) is 6.08 Å². The zero-order chi connectivity index (χ0) is 24.8. The average Bonchev–Trinajstić information content (AvgIpc) is 3.05. The number of rotatable bonds is 8. The second-order valence-electron chi connectivity index (χ2n) is 7.24. The molecule has 0 saturated carbocycles. The number of nitro groups is 1. The molecule has 0 unspecified atom stereocenters. The van der Waals surface area contributed by atoms with Crippen molar-refractivity contribution in [1.82, 2.24) is 9.78 Å². The van der Waals surface area contributed by atoms with Crippen molar-refractivity contribution in [3.05, 3.63) is 92.0 Å². The molecule has 0 spiro atoms. The summed E-state index contributed by atoms with van der Waals surface area (Å²) in [4.78, 5) is 34.2. The largest absolute Gasteiger partial charge is 0.452 e. The molecule has 9 nitrogen and oxygen atoms in total. The monoisotopic (exact) mass is 486 g/mol. The van der Waals surface area contributed by atoms with Crippen LogP contribution in [-0.2, 0) is 20.9 Å². The number of nitrogens with zero attached hydrogens (tertiary/aromatic N) is 3. The summed E-state index contributed by atoms with van der Waals surface area (Å²) in [6, 6.07) is 10.1. The highest BCUT2D eigenvalue weighted by Crippen LogP contribution is 2.25. The Morgan fingerprint density at radius 1 is 1.26 bits per heavy atom. The zero-order valence-electron chi connectivity index (χ0n) is 18.2. The molecule has 1 amide bonds. The van der Waals surface area contributed by atoms with Crippen LogP contribution in [0.2, 0.25) is 5.02 Å². The molecule has 0 bridgehead atoms. The van der Waals surface area contributed by atoms with Gasteiger partial charge in [0, 0.05) is 22.4 Å². The van der Waals surface area contributed by atoms with Gasteiger partial charge in [0.1, 0.15) is 11.5 Å². The number of halogens is 2. The summed E-state index contributed by atoms with van der Waals surface area (Å²) < 4.78 is 19.9. The van der Waals surface area contributed by atoms with Gasteiger partial charge in [-0.1, -0.05) is 29.8 Å². The van der Waals surface area contributed by atoms with E-state index in [1.807, 2.05) is 25.1 Å². The van der Waals surface area contributed by atoms with E-state index < -0.39 is 34.9 Å². The predicted molar refractivity (Wildman–Crippen MR) is 124 cm³/mol. The Hall–Kier alpha value is -4.05. The third-order valence-electron chi connectivity index (χ3n) is 4.88. The Morgan fingerprint density at radius 3 is 2.71 bits per heavy atom. The van der Waals surface area contributed by atoms with E-state index in [1.165, 1.54) is 6.08 Å². The summed E-state index contributed by atoms with van der Waals surface area (Å²) in [5.41, 5.74) is 2.30. The van der Waals surface area contributed by atoms with Crippen molar-refractivity contribution >= 4 is 40.9 Å². The molecule has 176 valence electrons.